The average molecular weight is 356 g/mol. The number of carbonyl (C=O) groups excluding carboxylic acids is 1. The molecule has 0 radical (unpaired) electrons. The van der Waals surface area contributed by atoms with E-state index >= 15 is 0 Å². The molecule has 1 N–H and O–H groups in total. The van der Waals surface area contributed by atoms with Crippen molar-refractivity contribution in [1.82, 2.24) is 5.43 Å². The highest BCUT2D eigenvalue weighted by molar-refractivity contribution is 5.95. The Kier molecular flexibility index (Phi) is 5.21. The summed E-state index contributed by atoms with van der Waals surface area (Å²) in [6, 6.07) is 9.66. The molecule has 0 aliphatic carbocycles. The number of hydrogen-bond donors (Lipinski definition) is 1. The minimum atomic E-state index is -0.491. The Morgan fingerprint density at radius 2 is 1.88 bits per heavy atom. The first-order chi connectivity index (χ1) is 12.5. The van der Waals surface area contributed by atoms with Crippen molar-refractivity contribution in [2.75, 3.05) is 18.0 Å². The summed E-state index contributed by atoms with van der Waals surface area (Å²) in [5.74, 6) is -0.925. The number of rotatable bonds is 5. The van der Waals surface area contributed by atoms with Crippen LogP contribution in [-0.2, 0) is 0 Å². The summed E-state index contributed by atoms with van der Waals surface area (Å²) in [5.41, 5.74) is 3.97. The molecule has 8 heteroatoms. The predicted molar refractivity (Wildman–Crippen MR) is 96.0 cm³/mol. The van der Waals surface area contributed by atoms with Crippen molar-refractivity contribution in [3.8, 4) is 0 Å². The monoisotopic (exact) mass is 356 g/mol. The number of carbonyl (C=O) groups is 1. The van der Waals surface area contributed by atoms with Gasteiger partial charge < -0.3 is 4.90 Å². The number of nitro benzene ring substituents is 1. The zero-order valence-corrected chi connectivity index (χ0v) is 13.9. The Morgan fingerprint density at radius 3 is 2.54 bits per heavy atom. The molecule has 3 rings (SSSR count). The van der Waals surface area contributed by atoms with E-state index < -0.39 is 16.6 Å². The van der Waals surface area contributed by atoms with Gasteiger partial charge in [0.2, 0.25) is 0 Å². The molecule has 1 amide bonds. The smallest absolute Gasteiger partial charge is 0.271 e. The molecule has 0 spiro atoms. The predicted octanol–water partition coefficient (Wildman–Crippen LogP) is 3.10. The van der Waals surface area contributed by atoms with Gasteiger partial charge in [-0.05, 0) is 43.2 Å². The zero-order chi connectivity index (χ0) is 18.5. The fourth-order valence-corrected chi connectivity index (χ4v) is 2.83. The number of non-ortho nitro benzene ring substituents is 1. The van der Waals surface area contributed by atoms with Crippen LogP contribution in [0, 0.1) is 15.9 Å². The third-order valence-electron chi connectivity index (χ3n) is 4.14. The normalized spacial score (nSPS) is 14.0. The zero-order valence-electron chi connectivity index (χ0n) is 13.9. The van der Waals surface area contributed by atoms with Crippen LogP contribution in [0.15, 0.2) is 47.6 Å². The Hall–Kier alpha value is -3.29. The SMILES string of the molecule is O=C(N/N=C\c1cc([N+](=O)[O-])ccc1N1CCCC1)c1ccc(F)cc1. The minimum absolute atomic E-state index is 0.0424. The van der Waals surface area contributed by atoms with Crippen LogP contribution in [-0.4, -0.2) is 30.1 Å². The Bertz CT molecular complexity index is 846. The molecular formula is C18H17FN4O3. The lowest BCUT2D eigenvalue weighted by atomic mass is 10.1. The van der Waals surface area contributed by atoms with E-state index in [0.717, 1.165) is 31.6 Å². The topological polar surface area (TPSA) is 87.8 Å². The van der Waals surface area contributed by atoms with Crippen molar-refractivity contribution in [2.24, 2.45) is 5.10 Å². The van der Waals surface area contributed by atoms with Gasteiger partial charge in [0.15, 0.2) is 0 Å². The van der Waals surface area contributed by atoms with E-state index in [4.69, 9.17) is 0 Å². The van der Waals surface area contributed by atoms with Crippen LogP contribution in [0.25, 0.3) is 0 Å². The maximum atomic E-state index is 12.9. The molecular weight excluding hydrogens is 339 g/mol. The Balaban J connectivity index is 1.79. The largest absolute Gasteiger partial charge is 0.371 e. The van der Waals surface area contributed by atoms with Crippen LogP contribution in [0.5, 0.6) is 0 Å². The summed E-state index contributed by atoms with van der Waals surface area (Å²) in [5, 5.41) is 14.9. The lowest BCUT2D eigenvalue weighted by Crippen LogP contribution is -2.20. The highest BCUT2D eigenvalue weighted by atomic mass is 19.1. The molecule has 1 fully saturated rings. The van der Waals surface area contributed by atoms with Crippen LogP contribution in [0.3, 0.4) is 0 Å². The van der Waals surface area contributed by atoms with Gasteiger partial charge in [0.25, 0.3) is 11.6 Å². The third-order valence-corrected chi connectivity index (χ3v) is 4.14. The average Bonchev–Trinajstić information content (AvgIpc) is 3.16. The first-order valence-electron chi connectivity index (χ1n) is 8.17. The van der Waals surface area contributed by atoms with Crippen molar-refractivity contribution in [3.63, 3.8) is 0 Å². The highest BCUT2D eigenvalue weighted by Crippen LogP contribution is 2.27. The molecule has 0 unspecified atom stereocenters. The van der Waals surface area contributed by atoms with Crippen molar-refractivity contribution in [3.05, 3.63) is 69.5 Å². The number of nitro groups is 1. The van der Waals surface area contributed by atoms with Gasteiger partial charge >= 0.3 is 0 Å². The molecule has 0 saturated carbocycles. The molecule has 1 saturated heterocycles. The van der Waals surface area contributed by atoms with E-state index in [0.29, 0.717) is 5.56 Å². The second-order valence-electron chi connectivity index (χ2n) is 5.90. The Labute approximate surface area is 149 Å². The number of anilines is 1. The summed E-state index contributed by atoms with van der Waals surface area (Å²) in [6.45, 7) is 1.75. The summed E-state index contributed by atoms with van der Waals surface area (Å²) < 4.78 is 12.9. The third kappa shape index (κ3) is 4.02. The number of halogens is 1. The highest BCUT2D eigenvalue weighted by Gasteiger charge is 2.18. The first-order valence-corrected chi connectivity index (χ1v) is 8.17. The molecule has 26 heavy (non-hydrogen) atoms. The minimum Gasteiger partial charge on any atom is -0.371 e. The second-order valence-corrected chi connectivity index (χ2v) is 5.90. The standard InChI is InChI=1S/C18H17FN4O3/c19-15-5-3-13(4-6-15)18(24)21-20-12-14-11-16(23(25)26)7-8-17(14)22-9-1-2-10-22/h3-8,11-12H,1-2,9-10H2,(H,21,24)/b20-12-. The van der Waals surface area contributed by atoms with Gasteiger partial charge in [0, 0.05) is 42.0 Å². The summed E-state index contributed by atoms with van der Waals surface area (Å²) in [4.78, 5) is 24.7. The molecule has 1 heterocycles. The van der Waals surface area contributed by atoms with Gasteiger partial charge in [0.1, 0.15) is 5.82 Å². The lowest BCUT2D eigenvalue weighted by Gasteiger charge is -2.19. The van der Waals surface area contributed by atoms with Crippen molar-refractivity contribution < 1.29 is 14.1 Å². The summed E-state index contributed by atoms with van der Waals surface area (Å²) in [6.07, 6.45) is 3.52. The van der Waals surface area contributed by atoms with Crippen LogP contribution >= 0.6 is 0 Å². The first kappa shape index (κ1) is 17.5. The van der Waals surface area contributed by atoms with Crippen LogP contribution < -0.4 is 10.3 Å². The van der Waals surface area contributed by atoms with Crippen LogP contribution in [0.4, 0.5) is 15.8 Å². The second kappa shape index (κ2) is 7.73. The van der Waals surface area contributed by atoms with Gasteiger partial charge in [0.05, 0.1) is 11.1 Å². The fraction of sp³-hybridized carbons (Fsp3) is 0.222. The van der Waals surface area contributed by atoms with Gasteiger partial charge in [-0.2, -0.15) is 5.10 Å². The van der Waals surface area contributed by atoms with Crippen molar-refractivity contribution >= 4 is 23.5 Å². The molecule has 7 nitrogen and oxygen atoms in total. The van der Waals surface area contributed by atoms with E-state index in [1.807, 2.05) is 0 Å². The van der Waals surface area contributed by atoms with Crippen LogP contribution in [0.1, 0.15) is 28.8 Å². The summed E-state index contributed by atoms with van der Waals surface area (Å²) >= 11 is 0. The number of nitrogens with one attached hydrogen (secondary N) is 1. The molecule has 2 aromatic rings. The lowest BCUT2D eigenvalue weighted by molar-refractivity contribution is -0.384. The van der Waals surface area contributed by atoms with E-state index in [-0.39, 0.29) is 11.3 Å². The molecule has 1 aliphatic heterocycles. The van der Waals surface area contributed by atoms with Gasteiger partial charge in [-0.15, -0.1) is 0 Å². The molecule has 134 valence electrons. The van der Waals surface area contributed by atoms with E-state index in [9.17, 15) is 19.3 Å². The van der Waals surface area contributed by atoms with E-state index in [1.165, 1.54) is 42.6 Å². The molecule has 0 atom stereocenters. The fourth-order valence-electron chi connectivity index (χ4n) is 2.83. The molecule has 0 aromatic heterocycles. The van der Waals surface area contributed by atoms with Gasteiger partial charge in [-0.1, -0.05) is 0 Å². The van der Waals surface area contributed by atoms with Crippen molar-refractivity contribution in [2.45, 2.75) is 12.8 Å². The number of amides is 1. The Morgan fingerprint density at radius 1 is 1.19 bits per heavy atom. The molecule has 0 bridgehead atoms. The van der Waals surface area contributed by atoms with Gasteiger partial charge in [-0.3, -0.25) is 14.9 Å². The molecule has 2 aromatic carbocycles. The van der Waals surface area contributed by atoms with Crippen molar-refractivity contribution in [1.29, 1.82) is 0 Å². The van der Waals surface area contributed by atoms with Gasteiger partial charge in [-0.25, -0.2) is 9.82 Å². The number of benzene rings is 2. The maximum Gasteiger partial charge on any atom is 0.271 e. The summed E-state index contributed by atoms with van der Waals surface area (Å²) in [7, 11) is 0. The number of hydrogen-bond acceptors (Lipinski definition) is 5. The van der Waals surface area contributed by atoms with Crippen LogP contribution in [0.2, 0.25) is 0 Å². The number of nitrogens with zero attached hydrogens (tertiary/aromatic N) is 3. The molecule has 1 aliphatic rings. The van der Waals surface area contributed by atoms with E-state index in [2.05, 4.69) is 15.4 Å². The quantitative estimate of drug-likeness (QED) is 0.506. The number of hydrazone groups is 1. The maximum absolute atomic E-state index is 12.9. The van der Waals surface area contributed by atoms with E-state index in [1.54, 1.807) is 6.07 Å².